The van der Waals surface area contributed by atoms with Crippen molar-refractivity contribution in [3.63, 3.8) is 0 Å². The van der Waals surface area contributed by atoms with Crippen molar-refractivity contribution in [2.24, 2.45) is 5.14 Å². The van der Waals surface area contributed by atoms with Crippen molar-refractivity contribution < 1.29 is 13.2 Å². The molecule has 1 aliphatic carbocycles. The summed E-state index contributed by atoms with van der Waals surface area (Å²) in [6, 6.07) is 26.8. The molecule has 0 heterocycles. The third-order valence-corrected chi connectivity index (χ3v) is 7.13. The van der Waals surface area contributed by atoms with E-state index in [9.17, 15) is 8.42 Å². The van der Waals surface area contributed by atoms with Crippen molar-refractivity contribution in [2.45, 2.75) is 43.8 Å². The van der Waals surface area contributed by atoms with Crippen molar-refractivity contribution in [1.29, 1.82) is 0 Å². The first-order chi connectivity index (χ1) is 15.9. The number of benzene rings is 3. The van der Waals surface area contributed by atoms with E-state index < -0.39 is 15.7 Å². The average molecular weight is 466 g/mol. The lowest BCUT2D eigenvalue weighted by Gasteiger charge is -2.41. The van der Waals surface area contributed by atoms with Gasteiger partial charge in [0, 0.05) is 12.6 Å². The van der Waals surface area contributed by atoms with Gasteiger partial charge in [-0.1, -0.05) is 66.7 Å². The molecule has 0 atom stereocenters. The van der Waals surface area contributed by atoms with Crippen molar-refractivity contribution in [3.8, 4) is 16.9 Å². The zero-order valence-electron chi connectivity index (χ0n) is 18.8. The second-order valence-electron chi connectivity index (χ2n) is 8.68. The molecule has 0 spiro atoms. The predicted molar refractivity (Wildman–Crippen MR) is 132 cm³/mol. The van der Waals surface area contributed by atoms with Crippen LogP contribution in [-0.2, 0) is 22.3 Å². The van der Waals surface area contributed by atoms with E-state index >= 15 is 0 Å². The highest BCUT2D eigenvalue weighted by Crippen LogP contribution is 2.39. The van der Waals surface area contributed by atoms with Crippen LogP contribution in [-0.4, -0.2) is 21.6 Å². The van der Waals surface area contributed by atoms with Gasteiger partial charge in [0.15, 0.2) is 0 Å². The van der Waals surface area contributed by atoms with E-state index in [4.69, 9.17) is 9.88 Å². The minimum Gasteiger partial charge on any atom is -0.497 e. The van der Waals surface area contributed by atoms with Crippen LogP contribution in [0.25, 0.3) is 11.1 Å². The monoisotopic (exact) mass is 465 g/mol. The summed E-state index contributed by atoms with van der Waals surface area (Å²) in [5, 5.41) is 9.04. The molecule has 1 aliphatic rings. The van der Waals surface area contributed by atoms with Crippen LogP contribution in [0.4, 0.5) is 0 Å². The van der Waals surface area contributed by atoms with E-state index in [1.165, 1.54) is 16.7 Å². The number of hydrogen-bond acceptors (Lipinski definition) is 4. The van der Waals surface area contributed by atoms with Crippen LogP contribution >= 0.6 is 0 Å². The molecular weight excluding hydrogens is 434 g/mol. The molecule has 0 unspecified atom stereocenters. The fourth-order valence-corrected chi connectivity index (χ4v) is 5.53. The van der Waals surface area contributed by atoms with Gasteiger partial charge in [0.2, 0.25) is 0 Å². The Morgan fingerprint density at radius 1 is 0.939 bits per heavy atom. The quantitative estimate of drug-likeness (QED) is 0.467. The Morgan fingerprint density at radius 3 is 2.24 bits per heavy atom. The fourth-order valence-electron chi connectivity index (χ4n) is 4.67. The van der Waals surface area contributed by atoms with Crippen LogP contribution in [0.2, 0.25) is 0 Å². The molecule has 0 aromatic heterocycles. The summed E-state index contributed by atoms with van der Waals surface area (Å²) in [4.78, 5) is 0. The molecule has 3 aromatic rings. The topological polar surface area (TPSA) is 93.4 Å². The van der Waals surface area contributed by atoms with Gasteiger partial charge in [-0.15, -0.1) is 0 Å². The minimum absolute atomic E-state index is 0.305. The van der Waals surface area contributed by atoms with Crippen molar-refractivity contribution in [2.75, 3.05) is 7.11 Å². The van der Waals surface area contributed by atoms with Crippen molar-refractivity contribution >= 4 is 10.2 Å². The largest absolute Gasteiger partial charge is 0.497 e. The summed E-state index contributed by atoms with van der Waals surface area (Å²) in [6.45, 7) is 0.772. The van der Waals surface area contributed by atoms with Crippen LogP contribution in [0.1, 0.15) is 36.8 Å². The first kappa shape index (κ1) is 23.4. The van der Waals surface area contributed by atoms with E-state index in [2.05, 4.69) is 46.4 Å². The minimum atomic E-state index is -3.86. The summed E-state index contributed by atoms with van der Waals surface area (Å²) in [5.74, 6) is 0.697. The molecule has 0 radical (unpaired) electrons. The molecule has 33 heavy (non-hydrogen) atoms. The summed E-state index contributed by atoms with van der Waals surface area (Å²) in [6.07, 6.45) is 2.98. The fraction of sp³-hybridized carbons (Fsp3) is 0.308. The number of hydrogen-bond donors (Lipinski definition) is 3. The van der Waals surface area contributed by atoms with E-state index in [1.807, 2.05) is 42.5 Å². The molecule has 4 rings (SSSR count). The van der Waals surface area contributed by atoms with Crippen LogP contribution in [0.5, 0.6) is 5.75 Å². The van der Waals surface area contributed by atoms with E-state index in [0.29, 0.717) is 24.6 Å². The van der Waals surface area contributed by atoms with Crippen molar-refractivity contribution in [3.05, 3.63) is 90.0 Å². The lowest BCUT2D eigenvalue weighted by molar-refractivity contribution is 0.230. The van der Waals surface area contributed by atoms with Crippen LogP contribution in [0.3, 0.4) is 0 Å². The maximum absolute atomic E-state index is 12.0. The first-order valence-corrected chi connectivity index (χ1v) is 12.8. The molecule has 0 bridgehead atoms. The summed E-state index contributed by atoms with van der Waals surface area (Å²) < 4.78 is 32.0. The zero-order chi connectivity index (χ0) is 23.3. The third-order valence-electron chi connectivity index (χ3n) is 6.46. The highest BCUT2D eigenvalue weighted by atomic mass is 32.2. The van der Waals surface area contributed by atoms with Crippen molar-refractivity contribution in [1.82, 2.24) is 10.0 Å². The SMILES string of the molecule is COc1cccc([C@]2(NS(N)(=O)=O)CC[C@@H](NCc3ccc(-c4ccccc4)cc3)CC2)c1. The Balaban J connectivity index is 1.40. The van der Waals surface area contributed by atoms with Gasteiger partial charge in [0.1, 0.15) is 5.75 Å². The molecule has 4 N–H and O–H groups in total. The normalized spacial score (nSPS) is 21.0. The maximum atomic E-state index is 12.0. The van der Waals surface area contributed by atoms with Gasteiger partial charge in [-0.3, -0.25) is 0 Å². The number of nitrogens with one attached hydrogen (secondary N) is 2. The van der Waals surface area contributed by atoms with Gasteiger partial charge in [-0.05, 0) is 60.1 Å². The van der Waals surface area contributed by atoms with Gasteiger partial charge in [0.25, 0.3) is 10.2 Å². The third kappa shape index (κ3) is 6.00. The zero-order valence-corrected chi connectivity index (χ0v) is 19.6. The van der Waals surface area contributed by atoms with E-state index in [-0.39, 0.29) is 0 Å². The molecule has 174 valence electrons. The Kier molecular flexibility index (Phi) is 7.14. The summed E-state index contributed by atoms with van der Waals surface area (Å²) in [5.41, 5.74) is 3.79. The summed E-state index contributed by atoms with van der Waals surface area (Å²) in [7, 11) is -2.26. The number of nitrogens with two attached hydrogens (primary N) is 1. The molecule has 0 aliphatic heterocycles. The Bertz CT molecular complexity index is 1160. The smallest absolute Gasteiger partial charge is 0.275 e. The van der Waals surface area contributed by atoms with Crippen LogP contribution in [0.15, 0.2) is 78.9 Å². The second-order valence-corrected chi connectivity index (χ2v) is 9.97. The molecule has 0 amide bonds. The van der Waals surface area contributed by atoms with Crippen LogP contribution in [0, 0.1) is 0 Å². The average Bonchev–Trinajstić information content (AvgIpc) is 2.83. The highest BCUT2D eigenvalue weighted by molar-refractivity contribution is 7.87. The van der Waals surface area contributed by atoms with E-state index in [0.717, 1.165) is 24.9 Å². The standard InChI is InChI=1S/C26H31N3O3S/c1-32-25-9-5-8-23(18-25)26(29-33(27,30)31)16-14-24(15-17-26)28-19-20-10-12-22(13-11-20)21-6-3-2-4-7-21/h2-13,18,24,28-29H,14-17,19H2,1H3,(H2,27,30,31)/t24-,26+. The lowest BCUT2D eigenvalue weighted by Crippen LogP contribution is -2.52. The molecule has 7 heteroatoms. The lowest BCUT2D eigenvalue weighted by atomic mass is 9.75. The molecule has 3 aromatic carbocycles. The predicted octanol–water partition coefficient (Wildman–Crippen LogP) is 4.08. The van der Waals surface area contributed by atoms with Gasteiger partial charge < -0.3 is 10.1 Å². The molecule has 0 saturated heterocycles. The summed E-state index contributed by atoms with van der Waals surface area (Å²) >= 11 is 0. The molecule has 6 nitrogen and oxygen atoms in total. The Labute approximate surface area is 196 Å². The van der Waals surface area contributed by atoms with Gasteiger partial charge in [0.05, 0.1) is 12.6 Å². The first-order valence-electron chi connectivity index (χ1n) is 11.2. The van der Waals surface area contributed by atoms with Gasteiger partial charge in [-0.25, -0.2) is 5.14 Å². The molecular formula is C26H31N3O3S. The molecule has 1 fully saturated rings. The Morgan fingerprint density at radius 2 is 1.61 bits per heavy atom. The van der Waals surface area contributed by atoms with Crippen LogP contribution < -0.4 is 19.9 Å². The maximum Gasteiger partial charge on any atom is 0.275 e. The second kappa shape index (κ2) is 10.1. The number of ether oxygens (including phenoxy) is 1. The van der Waals surface area contributed by atoms with Gasteiger partial charge >= 0.3 is 0 Å². The number of rotatable bonds is 8. The number of methoxy groups -OCH3 is 1. The van der Waals surface area contributed by atoms with E-state index in [1.54, 1.807) is 7.11 Å². The van der Waals surface area contributed by atoms with Gasteiger partial charge in [-0.2, -0.15) is 13.1 Å². The Hall–Kier alpha value is -2.71. The molecule has 1 saturated carbocycles. The highest BCUT2D eigenvalue weighted by Gasteiger charge is 2.39.